The van der Waals surface area contributed by atoms with E-state index in [9.17, 15) is 0 Å². The molecule has 0 saturated heterocycles. The van der Waals surface area contributed by atoms with Crippen molar-refractivity contribution < 1.29 is 0 Å². The number of anilines is 1. The summed E-state index contributed by atoms with van der Waals surface area (Å²) in [5, 5.41) is 6.76. The molecule has 0 radical (unpaired) electrons. The van der Waals surface area contributed by atoms with Crippen LogP contribution < -0.4 is 10.6 Å². The molecule has 0 aliphatic carbocycles. The number of rotatable bonds is 6. The maximum Gasteiger partial charge on any atom is 0.126 e. The second-order valence-electron chi connectivity index (χ2n) is 5.70. The molecule has 1 aromatic rings. The molecule has 102 valence electrons. The van der Waals surface area contributed by atoms with Gasteiger partial charge in [-0.2, -0.15) is 0 Å². The summed E-state index contributed by atoms with van der Waals surface area (Å²) in [7, 11) is 0. The largest absolute Gasteiger partial charge is 0.370 e. The van der Waals surface area contributed by atoms with Crippen molar-refractivity contribution in [2.45, 2.75) is 53.0 Å². The van der Waals surface area contributed by atoms with Crippen LogP contribution in [0.1, 0.15) is 52.3 Å². The van der Waals surface area contributed by atoms with Crippen molar-refractivity contribution in [3.63, 3.8) is 0 Å². The van der Waals surface area contributed by atoms with Gasteiger partial charge >= 0.3 is 0 Å². The molecule has 0 atom stereocenters. The zero-order chi connectivity index (χ0) is 13.6. The third kappa shape index (κ3) is 4.65. The number of aromatic nitrogens is 1. The first-order valence-electron chi connectivity index (χ1n) is 6.93. The van der Waals surface area contributed by atoms with Crippen molar-refractivity contribution in [3.8, 4) is 0 Å². The Morgan fingerprint density at radius 3 is 2.44 bits per heavy atom. The molecular formula is C15H27N3. The topological polar surface area (TPSA) is 37.0 Å². The van der Waals surface area contributed by atoms with E-state index in [-0.39, 0.29) is 5.41 Å². The lowest BCUT2D eigenvalue weighted by atomic mass is 9.90. The molecule has 3 nitrogen and oxygen atoms in total. The fourth-order valence-electron chi connectivity index (χ4n) is 1.75. The van der Waals surface area contributed by atoms with Gasteiger partial charge in [-0.25, -0.2) is 4.98 Å². The Bertz CT molecular complexity index is 366. The van der Waals surface area contributed by atoms with Crippen molar-refractivity contribution >= 4 is 5.82 Å². The van der Waals surface area contributed by atoms with Crippen molar-refractivity contribution in [1.82, 2.24) is 10.3 Å². The van der Waals surface area contributed by atoms with Gasteiger partial charge in [-0.15, -0.1) is 0 Å². The second-order valence-corrected chi connectivity index (χ2v) is 5.70. The van der Waals surface area contributed by atoms with Crippen LogP contribution in [0.15, 0.2) is 12.1 Å². The molecule has 1 aromatic heterocycles. The first kappa shape index (κ1) is 15.0. The van der Waals surface area contributed by atoms with Gasteiger partial charge in [0.2, 0.25) is 0 Å². The van der Waals surface area contributed by atoms with Gasteiger partial charge in [0.15, 0.2) is 0 Å². The smallest absolute Gasteiger partial charge is 0.126 e. The lowest BCUT2D eigenvalue weighted by Crippen LogP contribution is -2.18. The zero-order valence-electron chi connectivity index (χ0n) is 12.4. The molecule has 0 fully saturated rings. The Hall–Kier alpha value is -1.09. The van der Waals surface area contributed by atoms with Crippen LogP contribution in [-0.4, -0.2) is 18.1 Å². The van der Waals surface area contributed by atoms with Gasteiger partial charge < -0.3 is 10.6 Å². The Balaban J connectivity index is 2.91. The quantitative estimate of drug-likeness (QED) is 0.759. The lowest BCUT2D eigenvalue weighted by Gasteiger charge is -2.20. The van der Waals surface area contributed by atoms with E-state index < -0.39 is 0 Å². The summed E-state index contributed by atoms with van der Waals surface area (Å²) in [6, 6.07) is 4.35. The van der Waals surface area contributed by atoms with Gasteiger partial charge in [0, 0.05) is 24.2 Å². The minimum Gasteiger partial charge on any atom is -0.370 e. The molecule has 0 unspecified atom stereocenters. The van der Waals surface area contributed by atoms with E-state index in [0.29, 0.717) is 0 Å². The molecule has 18 heavy (non-hydrogen) atoms. The zero-order valence-corrected chi connectivity index (χ0v) is 12.4. The maximum absolute atomic E-state index is 4.68. The maximum atomic E-state index is 4.68. The average Bonchev–Trinajstić information content (AvgIpc) is 2.28. The molecule has 0 bridgehead atoms. The molecule has 1 heterocycles. The lowest BCUT2D eigenvalue weighted by molar-refractivity contribution is 0.567. The normalized spacial score (nSPS) is 11.6. The molecule has 0 aliphatic rings. The molecule has 1 rings (SSSR count). The van der Waals surface area contributed by atoms with E-state index in [1.54, 1.807) is 0 Å². The molecule has 0 saturated carbocycles. The summed E-state index contributed by atoms with van der Waals surface area (Å²) < 4.78 is 0. The van der Waals surface area contributed by atoms with Crippen LogP contribution in [-0.2, 0) is 12.0 Å². The SMILES string of the molecule is CCCNCc1cc(NCC)nc(C(C)(C)C)c1. The number of nitrogens with zero attached hydrogens (tertiary/aromatic N) is 1. The highest BCUT2D eigenvalue weighted by atomic mass is 15.0. The Labute approximate surface area is 111 Å². The van der Waals surface area contributed by atoms with E-state index >= 15 is 0 Å². The Kier molecular flexibility index (Phi) is 5.60. The molecule has 0 amide bonds. The minimum atomic E-state index is 0.0882. The first-order valence-corrected chi connectivity index (χ1v) is 6.93. The van der Waals surface area contributed by atoms with Gasteiger partial charge in [0.1, 0.15) is 5.82 Å². The summed E-state index contributed by atoms with van der Waals surface area (Å²) in [4.78, 5) is 4.68. The van der Waals surface area contributed by atoms with Crippen LogP contribution in [0.3, 0.4) is 0 Å². The third-order valence-corrected chi connectivity index (χ3v) is 2.77. The minimum absolute atomic E-state index is 0.0882. The third-order valence-electron chi connectivity index (χ3n) is 2.77. The summed E-state index contributed by atoms with van der Waals surface area (Å²) >= 11 is 0. The van der Waals surface area contributed by atoms with Gasteiger partial charge in [0.05, 0.1) is 0 Å². The van der Waals surface area contributed by atoms with Gasteiger partial charge in [-0.05, 0) is 37.6 Å². The molecule has 2 N–H and O–H groups in total. The van der Waals surface area contributed by atoms with Crippen molar-refractivity contribution in [1.29, 1.82) is 0 Å². The highest BCUT2D eigenvalue weighted by Gasteiger charge is 2.16. The molecular weight excluding hydrogens is 222 g/mol. The van der Waals surface area contributed by atoms with E-state index in [1.165, 1.54) is 5.56 Å². The van der Waals surface area contributed by atoms with Crippen molar-refractivity contribution in [2.75, 3.05) is 18.4 Å². The van der Waals surface area contributed by atoms with Crippen molar-refractivity contribution in [2.24, 2.45) is 0 Å². The number of hydrogen-bond donors (Lipinski definition) is 2. The predicted octanol–water partition coefficient (Wildman–Crippen LogP) is 3.31. The van der Waals surface area contributed by atoms with Crippen LogP contribution >= 0.6 is 0 Å². The fourth-order valence-corrected chi connectivity index (χ4v) is 1.75. The van der Waals surface area contributed by atoms with E-state index in [1.807, 2.05) is 0 Å². The molecule has 0 spiro atoms. The summed E-state index contributed by atoms with van der Waals surface area (Å²) in [6.45, 7) is 13.8. The summed E-state index contributed by atoms with van der Waals surface area (Å²) in [5.41, 5.74) is 2.54. The van der Waals surface area contributed by atoms with E-state index in [4.69, 9.17) is 0 Å². The summed E-state index contributed by atoms with van der Waals surface area (Å²) in [6.07, 6.45) is 1.16. The van der Waals surface area contributed by atoms with Crippen LogP contribution in [0.2, 0.25) is 0 Å². The average molecular weight is 249 g/mol. The van der Waals surface area contributed by atoms with E-state index in [2.05, 4.69) is 62.4 Å². The van der Waals surface area contributed by atoms with Crippen molar-refractivity contribution in [3.05, 3.63) is 23.4 Å². The predicted molar refractivity (Wildman–Crippen MR) is 79.1 cm³/mol. The highest BCUT2D eigenvalue weighted by molar-refractivity contribution is 5.41. The number of pyridine rings is 1. The van der Waals surface area contributed by atoms with Gasteiger partial charge in [0.25, 0.3) is 0 Å². The molecule has 0 aromatic carbocycles. The first-order chi connectivity index (χ1) is 8.47. The summed E-state index contributed by atoms with van der Waals surface area (Å²) in [5.74, 6) is 0.984. The fraction of sp³-hybridized carbons (Fsp3) is 0.667. The monoisotopic (exact) mass is 249 g/mol. The highest BCUT2D eigenvalue weighted by Crippen LogP contribution is 2.23. The second kappa shape index (κ2) is 6.74. The van der Waals surface area contributed by atoms with E-state index in [0.717, 1.165) is 37.6 Å². The standard InChI is InChI=1S/C15H27N3/c1-6-8-16-11-12-9-13(15(3,4)5)18-14(10-12)17-7-2/h9-10,16H,6-8,11H2,1-5H3,(H,17,18). The van der Waals surface area contributed by atoms with Gasteiger partial charge in [-0.1, -0.05) is 27.7 Å². The van der Waals surface area contributed by atoms with Crippen LogP contribution in [0, 0.1) is 0 Å². The molecule has 0 aliphatic heterocycles. The Morgan fingerprint density at radius 2 is 1.89 bits per heavy atom. The number of hydrogen-bond acceptors (Lipinski definition) is 3. The number of nitrogens with one attached hydrogen (secondary N) is 2. The molecule has 3 heteroatoms. The van der Waals surface area contributed by atoms with Crippen LogP contribution in [0.5, 0.6) is 0 Å². The van der Waals surface area contributed by atoms with Crippen LogP contribution in [0.25, 0.3) is 0 Å². The van der Waals surface area contributed by atoms with Crippen LogP contribution in [0.4, 0.5) is 5.82 Å². The Morgan fingerprint density at radius 1 is 1.17 bits per heavy atom. The van der Waals surface area contributed by atoms with Gasteiger partial charge in [-0.3, -0.25) is 0 Å².